The van der Waals surface area contributed by atoms with Gasteiger partial charge in [-0.2, -0.15) is 4.31 Å². The van der Waals surface area contributed by atoms with Crippen molar-refractivity contribution in [2.75, 3.05) is 12.8 Å². The molecule has 1 heterocycles. The highest BCUT2D eigenvalue weighted by Crippen LogP contribution is 2.28. The second-order valence-electron chi connectivity index (χ2n) is 4.30. The van der Waals surface area contributed by atoms with E-state index < -0.39 is 10.0 Å². The summed E-state index contributed by atoms with van der Waals surface area (Å²) in [6.45, 7) is 1.85. The number of hydrogen-bond donors (Lipinski definition) is 1. The lowest BCUT2D eigenvalue weighted by Crippen LogP contribution is -2.29. The van der Waals surface area contributed by atoms with Gasteiger partial charge in [-0.25, -0.2) is 8.42 Å². The Balaban J connectivity index is 2.32. The molecule has 4 nitrogen and oxygen atoms in total. The Hall–Kier alpha value is -1.37. The Bertz CT molecular complexity index is 651. The van der Waals surface area contributed by atoms with E-state index in [1.165, 1.54) is 15.6 Å². The number of nitrogen functional groups attached to an aromatic ring is 1. The summed E-state index contributed by atoms with van der Waals surface area (Å²) in [7, 11) is -1.86. The maximum Gasteiger partial charge on any atom is 0.252 e. The van der Waals surface area contributed by atoms with E-state index in [0.29, 0.717) is 9.90 Å². The van der Waals surface area contributed by atoms with Crippen LogP contribution in [0.25, 0.3) is 0 Å². The first kappa shape index (κ1) is 14.0. The molecule has 1 aromatic carbocycles. The van der Waals surface area contributed by atoms with Gasteiger partial charge in [0.1, 0.15) is 4.21 Å². The highest BCUT2D eigenvalue weighted by atomic mass is 32.2. The van der Waals surface area contributed by atoms with Crippen molar-refractivity contribution >= 4 is 27.0 Å². The third-order valence-corrected chi connectivity index (χ3v) is 6.37. The van der Waals surface area contributed by atoms with Crippen molar-refractivity contribution in [2.45, 2.75) is 17.2 Å². The second-order valence-corrected chi connectivity index (χ2v) is 7.47. The van der Waals surface area contributed by atoms with Gasteiger partial charge in [0.05, 0.1) is 0 Å². The lowest BCUT2D eigenvalue weighted by atomic mass is 10.1. The van der Waals surface area contributed by atoms with Gasteiger partial charge in [0.25, 0.3) is 10.0 Å². The molecule has 2 aromatic rings. The van der Waals surface area contributed by atoms with Crippen molar-refractivity contribution < 1.29 is 8.42 Å². The number of hydrogen-bond acceptors (Lipinski definition) is 4. The Morgan fingerprint density at radius 1 is 1.26 bits per heavy atom. The Kier molecular flexibility index (Phi) is 3.93. The molecule has 2 N–H and O–H groups in total. The maximum atomic E-state index is 12.4. The zero-order valence-electron chi connectivity index (χ0n) is 10.8. The fourth-order valence-electron chi connectivity index (χ4n) is 1.79. The van der Waals surface area contributed by atoms with Crippen molar-refractivity contribution in [3.63, 3.8) is 0 Å². The zero-order valence-corrected chi connectivity index (χ0v) is 12.4. The highest BCUT2D eigenvalue weighted by molar-refractivity contribution is 7.91. The van der Waals surface area contributed by atoms with Gasteiger partial charge in [0.15, 0.2) is 0 Å². The molecule has 1 atom stereocenters. The van der Waals surface area contributed by atoms with Gasteiger partial charge >= 0.3 is 0 Å². The molecule has 1 unspecified atom stereocenters. The van der Waals surface area contributed by atoms with Crippen LogP contribution in [0, 0.1) is 0 Å². The number of nitrogens with two attached hydrogens (primary N) is 1. The predicted octanol–water partition coefficient (Wildman–Crippen LogP) is 2.71. The smallest absolute Gasteiger partial charge is 0.252 e. The molecule has 0 radical (unpaired) electrons. The Labute approximate surface area is 117 Å². The first-order chi connectivity index (χ1) is 8.93. The zero-order chi connectivity index (χ0) is 14.0. The minimum atomic E-state index is -3.44. The van der Waals surface area contributed by atoms with Crippen LogP contribution in [0.5, 0.6) is 0 Å². The minimum absolute atomic E-state index is 0.268. The molecule has 102 valence electrons. The molecule has 0 aliphatic heterocycles. The number of nitrogens with zero attached hydrogens (tertiary/aromatic N) is 1. The fraction of sp³-hybridized carbons (Fsp3) is 0.231. The Morgan fingerprint density at radius 2 is 2.00 bits per heavy atom. The topological polar surface area (TPSA) is 63.4 Å². The molecule has 6 heteroatoms. The summed E-state index contributed by atoms with van der Waals surface area (Å²) < 4.78 is 26.5. The van der Waals surface area contributed by atoms with E-state index >= 15 is 0 Å². The number of thiophene rings is 1. The summed E-state index contributed by atoms with van der Waals surface area (Å²) in [5.41, 5.74) is 7.24. The van der Waals surface area contributed by atoms with E-state index in [2.05, 4.69) is 0 Å². The monoisotopic (exact) mass is 296 g/mol. The molecule has 0 aliphatic rings. The summed E-state index contributed by atoms with van der Waals surface area (Å²) in [5.74, 6) is 0. The van der Waals surface area contributed by atoms with E-state index in [-0.39, 0.29) is 6.04 Å². The fourth-order valence-corrected chi connectivity index (χ4v) is 4.32. The molecule has 0 spiro atoms. The van der Waals surface area contributed by atoms with Crippen LogP contribution >= 0.6 is 11.3 Å². The van der Waals surface area contributed by atoms with Crippen molar-refractivity contribution in [3.05, 3.63) is 47.3 Å². The average molecular weight is 296 g/mol. The molecule has 0 aliphatic carbocycles. The molecule has 0 saturated carbocycles. The number of anilines is 1. The number of rotatable bonds is 4. The van der Waals surface area contributed by atoms with E-state index in [9.17, 15) is 8.42 Å². The van der Waals surface area contributed by atoms with Crippen LogP contribution in [0.1, 0.15) is 18.5 Å². The van der Waals surface area contributed by atoms with Crippen LogP contribution in [-0.4, -0.2) is 19.8 Å². The molecular formula is C13H16N2O2S2. The summed E-state index contributed by atoms with van der Waals surface area (Å²) in [6.07, 6.45) is 0. The lowest BCUT2D eigenvalue weighted by molar-refractivity contribution is 0.399. The van der Waals surface area contributed by atoms with Crippen molar-refractivity contribution in [1.29, 1.82) is 0 Å². The van der Waals surface area contributed by atoms with Gasteiger partial charge in [-0.05, 0) is 36.1 Å². The predicted molar refractivity (Wildman–Crippen MR) is 78.5 cm³/mol. The van der Waals surface area contributed by atoms with Crippen LogP contribution in [-0.2, 0) is 10.0 Å². The molecule has 0 fully saturated rings. The second kappa shape index (κ2) is 5.32. The van der Waals surface area contributed by atoms with Gasteiger partial charge in [0, 0.05) is 18.8 Å². The molecule has 19 heavy (non-hydrogen) atoms. The van der Waals surface area contributed by atoms with E-state index in [0.717, 1.165) is 5.56 Å². The SMILES string of the molecule is CC(c1cccc(N)c1)N(C)S(=O)(=O)c1cccs1. The summed E-state index contributed by atoms with van der Waals surface area (Å²) in [4.78, 5) is 0. The van der Waals surface area contributed by atoms with Crippen LogP contribution in [0.15, 0.2) is 46.0 Å². The molecule has 1 aromatic heterocycles. The summed E-state index contributed by atoms with van der Waals surface area (Å²) >= 11 is 1.22. The van der Waals surface area contributed by atoms with Gasteiger partial charge in [-0.15, -0.1) is 11.3 Å². The van der Waals surface area contributed by atoms with Crippen molar-refractivity contribution in [3.8, 4) is 0 Å². The summed E-state index contributed by atoms with van der Waals surface area (Å²) in [6, 6.07) is 10.4. The van der Waals surface area contributed by atoms with Crippen LogP contribution in [0.3, 0.4) is 0 Å². The van der Waals surface area contributed by atoms with Gasteiger partial charge in [-0.1, -0.05) is 18.2 Å². The minimum Gasteiger partial charge on any atom is -0.399 e. The third kappa shape index (κ3) is 2.80. The van der Waals surface area contributed by atoms with Crippen molar-refractivity contribution in [2.24, 2.45) is 0 Å². The largest absolute Gasteiger partial charge is 0.399 e. The Morgan fingerprint density at radius 3 is 2.58 bits per heavy atom. The molecule has 0 saturated heterocycles. The van der Waals surface area contributed by atoms with Crippen LogP contribution in [0.2, 0.25) is 0 Å². The first-order valence-corrected chi connectivity index (χ1v) is 8.12. The molecule has 0 amide bonds. The van der Waals surface area contributed by atoms with Crippen molar-refractivity contribution in [1.82, 2.24) is 4.31 Å². The van der Waals surface area contributed by atoms with Crippen LogP contribution < -0.4 is 5.73 Å². The van der Waals surface area contributed by atoms with E-state index in [1.54, 1.807) is 36.7 Å². The van der Waals surface area contributed by atoms with Gasteiger partial charge in [0.2, 0.25) is 0 Å². The van der Waals surface area contributed by atoms with E-state index in [1.807, 2.05) is 19.1 Å². The summed E-state index contributed by atoms with van der Waals surface area (Å²) in [5, 5.41) is 1.76. The van der Waals surface area contributed by atoms with Gasteiger partial charge in [-0.3, -0.25) is 0 Å². The number of sulfonamides is 1. The molecule has 2 rings (SSSR count). The maximum absolute atomic E-state index is 12.4. The third-order valence-electron chi connectivity index (χ3n) is 3.07. The quantitative estimate of drug-likeness (QED) is 0.882. The van der Waals surface area contributed by atoms with E-state index in [4.69, 9.17) is 5.73 Å². The molecular weight excluding hydrogens is 280 g/mol. The average Bonchev–Trinajstić information content (AvgIpc) is 2.91. The highest BCUT2D eigenvalue weighted by Gasteiger charge is 2.27. The van der Waals surface area contributed by atoms with Gasteiger partial charge < -0.3 is 5.73 Å². The van der Waals surface area contributed by atoms with Crippen LogP contribution in [0.4, 0.5) is 5.69 Å². The molecule has 0 bridgehead atoms. The standard InChI is InChI=1S/C13H16N2O2S2/c1-10(11-5-3-6-12(14)9-11)15(2)19(16,17)13-7-4-8-18-13/h3-10H,14H2,1-2H3. The number of benzene rings is 1. The normalized spacial score (nSPS) is 13.6. The lowest BCUT2D eigenvalue weighted by Gasteiger charge is -2.24. The first-order valence-electron chi connectivity index (χ1n) is 5.80.